The van der Waals surface area contributed by atoms with Crippen LogP contribution < -0.4 is 5.84 Å². The number of piperazine rings is 1. The van der Waals surface area contributed by atoms with Crippen LogP contribution in [0.4, 0.5) is 17.6 Å². The second-order valence-electron chi connectivity index (χ2n) is 6.93. The van der Waals surface area contributed by atoms with Gasteiger partial charge in [0.2, 0.25) is 0 Å². The van der Waals surface area contributed by atoms with Crippen molar-refractivity contribution in [3.63, 3.8) is 0 Å². The van der Waals surface area contributed by atoms with Gasteiger partial charge in [-0.2, -0.15) is 13.2 Å². The summed E-state index contributed by atoms with van der Waals surface area (Å²) in [5.74, 6) is 5.75. The lowest BCUT2D eigenvalue weighted by Crippen LogP contribution is -2.48. The number of nitrogens with two attached hydrogens (primary N) is 1. The monoisotopic (exact) mass is 394 g/mol. The maximum atomic E-state index is 13.9. The first-order chi connectivity index (χ1) is 13.2. The van der Waals surface area contributed by atoms with Crippen LogP contribution in [-0.4, -0.2) is 34.5 Å². The zero-order chi connectivity index (χ0) is 20.3. The molecule has 0 radical (unpaired) electrons. The second kappa shape index (κ2) is 8.28. The van der Waals surface area contributed by atoms with Crippen LogP contribution in [0.2, 0.25) is 0 Å². The molecule has 0 unspecified atom stereocenters. The van der Waals surface area contributed by atoms with Crippen molar-refractivity contribution in [1.82, 2.24) is 14.9 Å². The van der Waals surface area contributed by atoms with Gasteiger partial charge in [-0.05, 0) is 42.3 Å². The fourth-order valence-electron chi connectivity index (χ4n) is 3.24. The van der Waals surface area contributed by atoms with E-state index in [4.69, 9.17) is 5.84 Å². The molecule has 2 aromatic rings. The van der Waals surface area contributed by atoms with E-state index in [0.717, 1.165) is 29.0 Å². The van der Waals surface area contributed by atoms with Gasteiger partial charge in [0.25, 0.3) is 0 Å². The first kappa shape index (κ1) is 20.3. The molecule has 0 aliphatic carbocycles. The van der Waals surface area contributed by atoms with Crippen LogP contribution in [0.15, 0.2) is 53.9 Å². The summed E-state index contributed by atoms with van der Waals surface area (Å²) in [6.07, 6.45) is -2.43. The van der Waals surface area contributed by atoms with Crippen molar-refractivity contribution in [2.45, 2.75) is 26.1 Å². The molecule has 1 aromatic carbocycles. The lowest BCUT2D eigenvalue weighted by Gasteiger charge is -2.36. The number of hydrogen-bond acceptors (Lipinski definition) is 4. The lowest BCUT2D eigenvalue weighted by molar-refractivity contribution is -0.137. The normalized spacial score (nSPS) is 17.7. The van der Waals surface area contributed by atoms with Crippen LogP contribution in [-0.2, 0) is 19.1 Å². The number of hydrazine groups is 1. The van der Waals surface area contributed by atoms with Crippen LogP contribution in [0.1, 0.15) is 23.7 Å². The average Bonchev–Trinajstić information content (AvgIpc) is 2.65. The van der Waals surface area contributed by atoms with E-state index in [2.05, 4.69) is 9.88 Å². The van der Waals surface area contributed by atoms with E-state index >= 15 is 0 Å². The molecule has 150 valence electrons. The van der Waals surface area contributed by atoms with Crippen LogP contribution in [0.25, 0.3) is 0 Å². The fraction of sp³-hybridized carbons (Fsp3) is 0.350. The Morgan fingerprint density at radius 2 is 1.86 bits per heavy atom. The molecule has 1 saturated heterocycles. The zero-order valence-corrected chi connectivity index (χ0v) is 15.5. The Hall–Kier alpha value is -2.45. The minimum absolute atomic E-state index is 0.351. The number of allylic oxidation sites excluding steroid dienone is 1. The number of alkyl halides is 3. The molecular formula is C20H22F4N4. The number of benzene rings is 1. The molecular weight excluding hydrogens is 372 g/mol. The van der Waals surface area contributed by atoms with Crippen molar-refractivity contribution in [3.8, 4) is 0 Å². The SMILES string of the molecule is C/C(Cc1ncccc1F)=C1\CN(Cc2ccc(C(F)(F)F)cc2)CCN1N. The summed E-state index contributed by atoms with van der Waals surface area (Å²) in [6.45, 7) is 4.22. The van der Waals surface area contributed by atoms with Gasteiger partial charge in [-0.25, -0.2) is 10.2 Å². The Bertz CT molecular complexity index is 846. The third-order valence-electron chi connectivity index (χ3n) is 4.82. The highest BCUT2D eigenvalue weighted by Gasteiger charge is 2.30. The highest BCUT2D eigenvalue weighted by molar-refractivity contribution is 5.26. The van der Waals surface area contributed by atoms with E-state index in [1.54, 1.807) is 17.3 Å². The lowest BCUT2D eigenvalue weighted by atomic mass is 10.1. The van der Waals surface area contributed by atoms with Gasteiger partial charge in [-0.1, -0.05) is 12.1 Å². The van der Waals surface area contributed by atoms with E-state index in [0.29, 0.717) is 38.3 Å². The molecule has 28 heavy (non-hydrogen) atoms. The van der Waals surface area contributed by atoms with Crippen LogP contribution in [0, 0.1) is 5.82 Å². The molecule has 1 aliphatic heterocycles. The molecule has 0 bridgehead atoms. The van der Waals surface area contributed by atoms with Gasteiger partial charge in [0.05, 0.1) is 11.3 Å². The molecule has 1 fully saturated rings. The topological polar surface area (TPSA) is 45.4 Å². The van der Waals surface area contributed by atoms with E-state index in [1.807, 2.05) is 6.92 Å². The summed E-state index contributed by atoms with van der Waals surface area (Å²) in [4.78, 5) is 6.19. The standard InChI is InChI=1S/C20H22F4N4/c1-14(11-18-17(21)3-2-8-26-18)19-13-27(9-10-28(19)25)12-15-4-6-16(7-5-15)20(22,23)24/h2-8H,9-13,25H2,1H3/b19-14-. The minimum atomic E-state index is -4.34. The van der Waals surface area contributed by atoms with Crippen molar-refractivity contribution >= 4 is 0 Å². The summed E-state index contributed by atoms with van der Waals surface area (Å²) in [6, 6.07) is 8.11. The minimum Gasteiger partial charge on any atom is -0.313 e. The van der Waals surface area contributed by atoms with Gasteiger partial charge in [0.15, 0.2) is 0 Å². The first-order valence-electron chi connectivity index (χ1n) is 8.93. The van der Waals surface area contributed by atoms with E-state index < -0.39 is 11.7 Å². The molecule has 4 nitrogen and oxygen atoms in total. The summed E-state index contributed by atoms with van der Waals surface area (Å²) >= 11 is 0. The number of pyridine rings is 1. The summed E-state index contributed by atoms with van der Waals surface area (Å²) in [5, 5.41) is 1.65. The van der Waals surface area contributed by atoms with E-state index in [9.17, 15) is 17.6 Å². The Kier molecular flexibility index (Phi) is 6.00. The Morgan fingerprint density at radius 3 is 2.50 bits per heavy atom. The number of nitrogens with zero attached hydrogens (tertiary/aromatic N) is 3. The molecule has 1 aliphatic rings. The molecule has 0 saturated carbocycles. The Balaban J connectivity index is 1.71. The summed E-state index contributed by atoms with van der Waals surface area (Å²) in [7, 11) is 0. The largest absolute Gasteiger partial charge is 0.416 e. The van der Waals surface area contributed by atoms with Crippen molar-refractivity contribution in [3.05, 3.63) is 76.5 Å². The van der Waals surface area contributed by atoms with E-state index in [-0.39, 0.29) is 5.82 Å². The van der Waals surface area contributed by atoms with Crippen LogP contribution in [0.3, 0.4) is 0 Å². The molecule has 2 heterocycles. The van der Waals surface area contributed by atoms with Crippen LogP contribution in [0.5, 0.6) is 0 Å². The molecule has 1 aromatic heterocycles. The van der Waals surface area contributed by atoms with Gasteiger partial charge in [-0.3, -0.25) is 9.88 Å². The predicted octanol–water partition coefficient (Wildman–Crippen LogP) is 3.75. The van der Waals surface area contributed by atoms with Gasteiger partial charge < -0.3 is 5.01 Å². The van der Waals surface area contributed by atoms with Crippen molar-refractivity contribution in [1.29, 1.82) is 0 Å². The quantitative estimate of drug-likeness (QED) is 0.634. The smallest absolute Gasteiger partial charge is 0.313 e. The number of aromatic nitrogens is 1. The third-order valence-corrected chi connectivity index (χ3v) is 4.82. The number of hydrogen-bond donors (Lipinski definition) is 1. The maximum absolute atomic E-state index is 13.9. The molecule has 8 heteroatoms. The van der Waals surface area contributed by atoms with Gasteiger partial charge in [-0.15, -0.1) is 0 Å². The highest BCUT2D eigenvalue weighted by atomic mass is 19.4. The third kappa shape index (κ3) is 4.88. The van der Waals surface area contributed by atoms with Crippen molar-refractivity contribution < 1.29 is 17.6 Å². The predicted molar refractivity (Wildman–Crippen MR) is 98.2 cm³/mol. The summed E-state index contributed by atoms with van der Waals surface area (Å²) in [5.41, 5.74) is 2.30. The number of rotatable bonds is 4. The molecule has 0 spiro atoms. The molecule has 0 amide bonds. The molecule has 3 rings (SSSR count). The Labute approximate surface area is 161 Å². The fourth-order valence-corrected chi connectivity index (χ4v) is 3.24. The highest BCUT2D eigenvalue weighted by Crippen LogP contribution is 2.29. The summed E-state index contributed by atoms with van der Waals surface area (Å²) < 4.78 is 52.0. The Morgan fingerprint density at radius 1 is 1.14 bits per heavy atom. The second-order valence-corrected chi connectivity index (χ2v) is 6.93. The van der Waals surface area contributed by atoms with Gasteiger partial charge >= 0.3 is 6.18 Å². The van der Waals surface area contributed by atoms with E-state index in [1.165, 1.54) is 18.2 Å². The van der Waals surface area contributed by atoms with Crippen molar-refractivity contribution in [2.75, 3.05) is 19.6 Å². The van der Waals surface area contributed by atoms with Gasteiger partial charge in [0.1, 0.15) is 5.82 Å². The van der Waals surface area contributed by atoms with Gasteiger partial charge in [0, 0.05) is 44.5 Å². The molecule has 0 atom stereocenters. The van der Waals surface area contributed by atoms with Crippen LogP contribution >= 0.6 is 0 Å². The van der Waals surface area contributed by atoms with Crippen molar-refractivity contribution in [2.24, 2.45) is 5.84 Å². The molecule has 2 N–H and O–H groups in total. The number of halogens is 4. The first-order valence-corrected chi connectivity index (χ1v) is 8.93. The average molecular weight is 394 g/mol. The zero-order valence-electron chi connectivity index (χ0n) is 15.5. The maximum Gasteiger partial charge on any atom is 0.416 e.